The van der Waals surface area contributed by atoms with Crippen LogP contribution in [0.4, 0.5) is 0 Å². The van der Waals surface area contributed by atoms with Crippen molar-refractivity contribution in [2.75, 3.05) is 7.11 Å². The van der Waals surface area contributed by atoms with Crippen molar-refractivity contribution >= 4 is 27.8 Å². The van der Waals surface area contributed by atoms with Crippen LogP contribution in [0.3, 0.4) is 0 Å². The minimum absolute atomic E-state index is 0.280. The first-order chi connectivity index (χ1) is 17.2. The molecular weight excluding hydrogens is 428 g/mol. The maximum atomic E-state index is 6.47. The maximum Gasteiger partial charge on any atom is 0.135 e. The number of allylic oxidation sites excluding steroid dienone is 1. The molecule has 0 spiro atoms. The van der Waals surface area contributed by atoms with Gasteiger partial charge < -0.3 is 9.15 Å². The molecule has 0 saturated carbocycles. The van der Waals surface area contributed by atoms with Gasteiger partial charge in [-0.15, -0.1) is 0 Å². The number of benzene rings is 4. The predicted octanol–water partition coefficient (Wildman–Crippen LogP) is 8.26. The van der Waals surface area contributed by atoms with Gasteiger partial charge in [0.25, 0.3) is 0 Å². The van der Waals surface area contributed by atoms with Gasteiger partial charge in [-0.25, -0.2) is 0 Å². The smallest absolute Gasteiger partial charge is 0.135 e. The first-order valence-corrected chi connectivity index (χ1v) is 12.0. The quantitative estimate of drug-likeness (QED) is 0.270. The molecule has 2 aliphatic carbocycles. The molecule has 2 nitrogen and oxygen atoms in total. The summed E-state index contributed by atoms with van der Waals surface area (Å²) in [6.45, 7) is 0. The average molecular weight is 453 g/mol. The third-order valence-corrected chi connectivity index (χ3v) is 7.56. The number of hydrogen-bond acceptors (Lipinski definition) is 2. The SMILES string of the molecule is COc1ccc(C2(c3ccccc3)C=Cc3ccc4oc5cc6ccccc6c-5cc4c3C2)cc1. The average Bonchev–Trinajstić information content (AvgIpc) is 3.29. The molecule has 7 rings (SSSR count). The fourth-order valence-electron chi connectivity index (χ4n) is 5.73. The van der Waals surface area contributed by atoms with Gasteiger partial charge in [0.1, 0.15) is 17.1 Å². The Morgan fingerprint density at radius 3 is 2.34 bits per heavy atom. The van der Waals surface area contributed by atoms with Crippen LogP contribution in [0.5, 0.6) is 5.75 Å². The third-order valence-electron chi connectivity index (χ3n) is 7.56. The Hall–Kier alpha value is -4.30. The molecule has 0 bridgehead atoms. The zero-order chi connectivity index (χ0) is 23.4. The molecule has 1 atom stereocenters. The van der Waals surface area contributed by atoms with Crippen molar-refractivity contribution in [3.63, 3.8) is 0 Å². The number of hydrogen-bond donors (Lipinski definition) is 0. The van der Waals surface area contributed by atoms with Gasteiger partial charge in [-0.2, -0.15) is 0 Å². The fourth-order valence-corrected chi connectivity index (χ4v) is 5.73. The third kappa shape index (κ3) is 3.03. The van der Waals surface area contributed by atoms with E-state index in [2.05, 4.69) is 115 Å². The van der Waals surface area contributed by atoms with Crippen molar-refractivity contribution in [1.29, 1.82) is 0 Å². The van der Waals surface area contributed by atoms with Gasteiger partial charge in [0, 0.05) is 16.4 Å². The number of ether oxygens (including phenoxy) is 1. The Labute approximate surface area is 204 Å². The van der Waals surface area contributed by atoms with E-state index < -0.39 is 0 Å². The van der Waals surface area contributed by atoms with Crippen LogP contribution in [-0.2, 0) is 11.8 Å². The second-order valence-electron chi connectivity index (χ2n) is 9.38. The summed E-state index contributed by atoms with van der Waals surface area (Å²) in [5.41, 5.74) is 6.92. The molecule has 0 saturated heterocycles. The molecule has 0 N–H and O–H groups in total. The molecule has 35 heavy (non-hydrogen) atoms. The first-order valence-electron chi connectivity index (χ1n) is 12.0. The highest BCUT2D eigenvalue weighted by Gasteiger charge is 2.36. The molecule has 0 fully saturated rings. The summed E-state index contributed by atoms with van der Waals surface area (Å²) in [5.74, 6) is 1.81. The van der Waals surface area contributed by atoms with Crippen molar-refractivity contribution in [2.45, 2.75) is 11.8 Å². The summed E-state index contributed by atoms with van der Waals surface area (Å²) in [4.78, 5) is 0. The zero-order valence-electron chi connectivity index (χ0n) is 19.5. The van der Waals surface area contributed by atoms with E-state index in [-0.39, 0.29) is 5.41 Å². The highest BCUT2D eigenvalue weighted by atomic mass is 16.5. The van der Waals surface area contributed by atoms with Crippen LogP contribution in [-0.4, -0.2) is 7.11 Å². The zero-order valence-corrected chi connectivity index (χ0v) is 19.5. The minimum Gasteiger partial charge on any atom is -0.497 e. The molecule has 0 radical (unpaired) electrons. The van der Waals surface area contributed by atoms with Gasteiger partial charge in [-0.1, -0.05) is 84.9 Å². The van der Waals surface area contributed by atoms with E-state index in [1.807, 2.05) is 0 Å². The van der Waals surface area contributed by atoms with Crippen LogP contribution in [0.1, 0.15) is 22.3 Å². The van der Waals surface area contributed by atoms with Gasteiger partial charge in [0.05, 0.1) is 7.11 Å². The van der Waals surface area contributed by atoms with Gasteiger partial charge in [-0.3, -0.25) is 0 Å². The Kier molecular flexibility index (Phi) is 4.37. The van der Waals surface area contributed by atoms with E-state index >= 15 is 0 Å². The van der Waals surface area contributed by atoms with Crippen molar-refractivity contribution in [1.82, 2.24) is 0 Å². The van der Waals surface area contributed by atoms with Crippen LogP contribution in [0.25, 0.3) is 39.1 Å². The monoisotopic (exact) mass is 452 g/mol. The highest BCUT2D eigenvalue weighted by molar-refractivity contribution is 6.04. The van der Waals surface area contributed by atoms with E-state index in [1.165, 1.54) is 44.0 Å². The predicted molar refractivity (Wildman–Crippen MR) is 143 cm³/mol. The topological polar surface area (TPSA) is 22.4 Å². The van der Waals surface area contributed by atoms with E-state index in [9.17, 15) is 0 Å². The van der Waals surface area contributed by atoms with E-state index in [0.717, 1.165) is 23.5 Å². The molecule has 4 aromatic rings. The lowest BCUT2D eigenvalue weighted by atomic mass is 9.67. The molecule has 2 heteroatoms. The highest BCUT2D eigenvalue weighted by Crippen LogP contribution is 2.45. The Balaban J connectivity index is 1.48. The lowest BCUT2D eigenvalue weighted by Crippen LogP contribution is -2.30. The van der Waals surface area contributed by atoms with Gasteiger partial charge >= 0.3 is 0 Å². The summed E-state index contributed by atoms with van der Waals surface area (Å²) in [6.07, 6.45) is 5.50. The lowest BCUT2D eigenvalue weighted by molar-refractivity contribution is 0.414. The van der Waals surface area contributed by atoms with Gasteiger partial charge in [-0.05, 0) is 69.8 Å². The molecule has 3 aliphatic rings. The van der Waals surface area contributed by atoms with E-state index in [1.54, 1.807) is 7.11 Å². The molecule has 1 unspecified atom stereocenters. The standard InChI is InChI=1S/C33H24O2/c1-34-26-14-12-25(13-15-26)33(24-8-3-2-4-9-24)18-17-22-11-16-31-29(30(22)21-33)20-28-27-10-6-5-7-23(27)19-32(28)35-31/h2-20H,21H2,1H3. The van der Waals surface area contributed by atoms with Gasteiger partial charge in [0.15, 0.2) is 0 Å². The summed E-state index contributed by atoms with van der Waals surface area (Å²) in [6, 6.07) is 36.6. The molecule has 1 heterocycles. The normalized spacial score (nSPS) is 17.2. The van der Waals surface area contributed by atoms with Crippen LogP contribution in [0, 0.1) is 0 Å². The van der Waals surface area contributed by atoms with Crippen LogP contribution in [0.2, 0.25) is 0 Å². The lowest BCUT2D eigenvalue weighted by Gasteiger charge is -2.36. The Bertz CT molecular complexity index is 1690. The molecule has 1 aliphatic heterocycles. The number of fused-ring (bicyclic) bond motifs is 6. The summed E-state index contributed by atoms with van der Waals surface area (Å²) < 4.78 is 11.9. The summed E-state index contributed by atoms with van der Waals surface area (Å²) >= 11 is 0. The van der Waals surface area contributed by atoms with Crippen LogP contribution < -0.4 is 4.74 Å². The maximum absolute atomic E-state index is 6.47. The number of rotatable bonds is 3. The molecule has 0 amide bonds. The molecular formula is C33H24O2. The Morgan fingerprint density at radius 1 is 0.743 bits per heavy atom. The van der Waals surface area contributed by atoms with E-state index in [4.69, 9.17) is 9.15 Å². The largest absolute Gasteiger partial charge is 0.497 e. The van der Waals surface area contributed by atoms with Crippen molar-refractivity contribution in [2.24, 2.45) is 0 Å². The number of methoxy groups -OCH3 is 1. The van der Waals surface area contributed by atoms with Crippen molar-refractivity contribution in [3.05, 3.63) is 131 Å². The molecule has 0 aromatic heterocycles. The van der Waals surface area contributed by atoms with Crippen LogP contribution in [0.15, 0.2) is 114 Å². The summed E-state index contributed by atoms with van der Waals surface area (Å²) in [5, 5.41) is 3.64. The first kappa shape index (κ1) is 20.1. The Morgan fingerprint density at radius 2 is 1.51 bits per heavy atom. The minimum atomic E-state index is -0.280. The van der Waals surface area contributed by atoms with Crippen molar-refractivity contribution < 1.29 is 9.15 Å². The molecule has 4 aromatic carbocycles. The molecule has 168 valence electrons. The second kappa shape index (κ2) is 7.61. The summed E-state index contributed by atoms with van der Waals surface area (Å²) in [7, 11) is 1.71. The van der Waals surface area contributed by atoms with Gasteiger partial charge in [0.2, 0.25) is 0 Å². The van der Waals surface area contributed by atoms with Crippen molar-refractivity contribution in [3.8, 4) is 17.1 Å². The van der Waals surface area contributed by atoms with E-state index in [0.29, 0.717) is 0 Å². The fraction of sp³-hybridized carbons (Fsp3) is 0.0909. The second-order valence-corrected chi connectivity index (χ2v) is 9.38. The van der Waals surface area contributed by atoms with Crippen LogP contribution >= 0.6 is 0 Å².